The number of aromatic nitrogens is 2. The van der Waals surface area contributed by atoms with Gasteiger partial charge in [-0.05, 0) is 25.5 Å². The van der Waals surface area contributed by atoms with Crippen molar-refractivity contribution in [2.24, 2.45) is 5.73 Å². The van der Waals surface area contributed by atoms with E-state index in [0.717, 1.165) is 11.3 Å². The van der Waals surface area contributed by atoms with E-state index in [4.69, 9.17) is 5.73 Å². The van der Waals surface area contributed by atoms with Crippen molar-refractivity contribution in [3.05, 3.63) is 46.4 Å². The minimum absolute atomic E-state index is 0. The third kappa shape index (κ3) is 4.41. The van der Waals surface area contributed by atoms with Crippen LogP contribution in [0.1, 0.15) is 19.5 Å². The lowest BCUT2D eigenvalue weighted by molar-refractivity contribution is -0.117. The minimum atomic E-state index is -0.588. The summed E-state index contributed by atoms with van der Waals surface area (Å²) in [5, 5.41) is 2.71. The molecule has 0 saturated carbocycles. The Balaban J connectivity index is 0.00000242. The van der Waals surface area contributed by atoms with Crippen molar-refractivity contribution in [1.29, 1.82) is 0 Å². The molecule has 1 heterocycles. The Kier molecular flexibility index (Phi) is 6.27. The van der Waals surface area contributed by atoms with E-state index in [1.807, 2.05) is 13.0 Å². The molecule has 0 unspecified atom stereocenters. The maximum atomic E-state index is 11.6. The molecule has 1 aromatic heterocycles. The Hall–Kier alpha value is -2.18. The summed E-state index contributed by atoms with van der Waals surface area (Å²) in [7, 11) is 0. The van der Waals surface area contributed by atoms with E-state index >= 15 is 0 Å². The number of nitrogens with two attached hydrogens (primary N) is 1. The van der Waals surface area contributed by atoms with Gasteiger partial charge >= 0.3 is 0 Å². The van der Waals surface area contributed by atoms with Crippen LogP contribution >= 0.6 is 12.4 Å². The molecule has 0 aliphatic rings. The second-order valence-electron chi connectivity index (χ2n) is 4.80. The number of benzene rings is 1. The molecule has 4 N–H and O–H groups in total. The number of hydrogen-bond donors (Lipinski definition) is 3. The third-order valence-electron chi connectivity index (χ3n) is 2.97. The Labute approximate surface area is 134 Å². The van der Waals surface area contributed by atoms with Gasteiger partial charge in [-0.25, -0.2) is 4.98 Å². The molecular weight excluding hydrogens is 304 g/mol. The lowest BCUT2D eigenvalue weighted by Gasteiger charge is -2.09. The fraction of sp³-hybridized carbons (Fsp3) is 0.267. The number of amides is 1. The van der Waals surface area contributed by atoms with Crippen LogP contribution in [-0.4, -0.2) is 21.9 Å². The Morgan fingerprint density at radius 2 is 2.14 bits per heavy atom. The normalized spacial score (nSPS) is 11.4. The fourth-order valence-electron chi connectivity index (χ4n) is 1.83. The minimum Gasteiger partial charge on any atom is -0.325 e. The zero-order valence-electron chi connectivity index (χ0n) is 12.4. The van der Waals surface area contributed by atoms with Gasteiger partial charge in [-0.1, -0.05) is 19.1 Å². The highest BCUT2D eigenvalue weighted by molar-refractivity contribution is 5.94. The lowest BCUT2D eigenvalue weighted by Crippen LogP contribution is -2.32. The molecule has 22 heavy (non-hydrogen) atoms. The van der Waals surface area contributed by atoms with Gasteiger partial charge in [-0.15, -0.1) is 12.4 Å². The van der Waals surface area contributed by atoms with Crippen molar-refractivity contribution in [2.75, 3.05) is 5.32 Å². The molecule has 1 aromatic carbocycles. The van der Waals surface area contributed by atoms with Gasteiger partial charge in [0.15, 0.2) is 0 Å². The molecule has 0 bridgehead atoms. The first-order chi connectivity index (χ1) is 9.99. The first-order valence-electron chi connectivity index (χ1n) is 6.76. The van der Waals surface area contributed by atoms with Crippen LogP contribution in [0.15, 0.2) is 35.1 Å². The van der Waals surface area contributed by atoms with Crippen molar-refractivity contribution < 1.29 is 4.79 Å². The monoisotopic (exact) mass is 322 g/mol. The standard InChI is InChI=1S/C15H18N4O2.ClH/c1-3-11-8-13(20)19-14(17-11)10-5-4-6-12(7-10)18-15(21)9(2)16;/h4-9H,3,16H2,1-2H3,(H,18,21)(H,17,19,20);1H/t9-;/m0./s1. The number of carbonyl (C=O) groups excluding carboxylic acids is 1. The Morgan fingerprint density at radius 3 is 2.77 bits per heavy atom. The van der Waals surface area contributed by atoms with Crippen LogP contribution in [0.3, 0.4) is 0 Å². The number of H-pyrrole nitrogens is 1. The summed E-state index contributed by atoms with van der Waals surface area (Å²) in [5.41, 5.74) is 7.38. The van der Waals surface area contributed by atoms with E-state index < -0.39 is 6.04 Å². The molecule has 6 nitrogen and oxygen atoms in total. The smallest absolute Gasteiger partial charge is 0.251 e. The van der Waals surface area contributed by atoms with Crippen molar-refractivity contribution >= 4 is 24.0 Å². The van der Waals surface area contributed by atoms with Gasteiger partial charge in [0.1, 0.15) is 5.82 Å². The van der Waals surface area contributed by atoms with Crippen LogP contribution in [0.2, 0.25) is 0 Å². The molecule has 0 aliphatic heterocycles. The number of anilines is 1. The SMILES string of the molecule is CCc1cc(=O)[nH]c(-c2cccc(NC(=O)[C@H](C)N)c2)n1.Cl. The number of nitrogens with zero attached hydrogens (tertiary/aromatic N) is 1. The van der Waals surface area contributed by atoms with Gasteiger partial charge in [0, 0.05) is 23.0 Å². The van der Waals surface area contributed by atoms with E-state index in [-0.39, 0.29) is 23.9 Å². The van der Waals surface area contributed by atoms with E-state index in [2.05, 4.69) is 15.3 Å². The predicted molar refractivity (Wildman–Crippen MR) is 89.2 cm³/mol. The number of rotatable bonds is 4. The van der Waals surface area contributed by atoms with Gasteiger partial charge in [-0.3, -0.25) is 9.59 Å². The van der Waals surface area contributed by atoms with Crippen LogP contribution < -0.4 is 16.6 Å². The van der Waals surface area contributed by atoms with E-state index in [9.17, 15) is 9.59 Å². The molecule has 1 atom stereocenters. The third-order valence-corrected chi connectivity index (χ3v) is 2.97. The first kappa shape index (κ1) is 17.9. The fourth-order valence-corrected chi connectivity index (χ4v) is 1.83. The largest absolute Gasteiger partial charge is 0.325 e. The molecule has 0 spiro atoms. The summed E-state index contributed by atoms with van der Waals surface area (Å²) in [6, 6.07) is 7.99. The van der Waals surface area contributed by atoms with E-state index in [1.54, 1.807) is 25.1 Å². The molecule has 1 amide bonds. The summed E-state index contributed by atoms with van der Waals surface area (Å²) in [6.45, 7) is 3.55. The maximum Gasteiger partial charge on any atom is 0.251 e. The maximum absolute atomic E-state index is 11.6. The van der Waals surface area contributed by atoms with Gasteiger partial charge in [0.2, 0.25) is 5.91 Å². The van der Waals surface area contributed by atoms with Crippen molar-refractivity contribution in [3.63, 3.8) is 0 Å². The zero-order valence-corrected chi connectivity index (χ0v) is 13.2. The average molecular weight is 323 g/mol. The molecule has 0 fully saturated rings. The number of aryl methyl sites for hydroxylation is 1. The Bertz CT molecular complexity index is 713. The van der Waals surface area contributed by atoms with Gasteiger partial charge < -0.3 is 16.0 Å². The molecule has 118 valence electrons. The summed E-state index contributed by atoms with van der Waals surface area (Å²) in [5.74, 6) is 0.215. The number of nitrogens with one attached hydrogen (secondary N) is 2. The molecular formula is C15H19ClN4O2. The van der Waals surface area contributed by atoms with Crippen LogP contribution in [0.25, 0.3) is 11.4 Å². The second kappa shape index (κ2) is 7.72. The molecule has 0 aliphatic carbocycles. The number of halogens is 1. The average Bonchev–Trinajstić information content (AvgIpc) is 2.46. The molecule has 7 heteroatoms. The van der Waals surface area contributed by atoms with Crippen molar-refractivity contribution in [3.8, 4) is 11.4 Å². The highest BCUT2D eigenvalue weighted by atomic mass is 35.5. The summed E-state index contributed by atoms with van der Waals surface area (Å²) < 4.78 is 0. The number of carbonyl (C=O) groups is 1. The Morgan fingerprint density at radius 1 is 1.41 bits per heavy atom. The van der Waals surface area contributed by atoms with Crippen LogP contribution in [0.4, 0.5) is 5.69 Å². The van der Waals surface area contributed by atoms with Crippen LogP contribution in [0, 0.1) is 0 Å². The van der Waals surface area contributed by atoms with Crippen LogP contribution in [-0.2, 0) is 11.2 Å². The predicted octanol–water partition coefficient (Wildman–Crippen LogP) is 1.71. The lowest BCUT2D eigenvalue weighted by atomic mass is 10.1. The van der Waals surface area contributed by atoms with Crippen molar-refractivity contribution in [1.82, 2.24) is 9.97 Å². The van der Waals surface area contributed by atoms with Crippen molar-refractivity contribution in [2.45, 2.75) is 26.3 Å². The van der Waals surface area contributed by atoms with Gasteiger partial charge in [0.25, 0.3) is 5.56 Å². The van der Waals surface area contributed by atoms with E-state index in [0.29, 0.717) is 17.9 Å². The van der Waals surface area contributed by atoms with Gasteiger partial charge in [0.05, 0.1) is 6.04 Å². The molecule has 2 rings (SSSR count). The molecule has 2 aromatic rings. The quantitative estimate of drug-likeness (QED) is 0.797. The second-order valence-corrected chi connectivity index (χ2v) is 4.80. The summed E-state index contributed by atoms with van der Waals surface area (Å²) in [6.07, 6.45) is 0.679. The molecule has 0 radical (unpaired) electrons. The van der Waals surface area contributed by atoms with E-state index in [1.165, 1.54) is 6.07 Å². The highest BCUT2D eigenvalue weighted by Gasteiger charge is 2.09. The number of aromatic amines is 1. The first-order valence-corrected chi connectivity index (χ1v) is 6.76. The number of hydrogen-bond acceptors (Lipinski definition) is 4. The van der Waals surface area contributed by atoms with Gasteiger partial charge in [-0.2, -0.15) is 0 Å². The summed E-state index contributed by atoms with van der Waals surface area (Å²) in [4.78, 5) is 30.3. The molecule has 0 saturated heterocycles. The van der Waals surface area contributed by atoms with Crippen LogP contribution in [0.5, 0.6) is 0 Å². The highest BCUT2D eigenvalue weighted by Crippen LogP contribution is 2.19. The summed E-state index contributed by atoms with van der Waals surface area (Å²) >= 11 is 0. The topological polar surface area (TPSA) is 101 Å². The zero-order chi connectivity index (χ0) is 15.4.